The number of hydrogen-bond donors (Lipinski definition) is 1. The zero-order valence-corrected chi connectivity index (χ0v) is 12.6. The van der Waals surface area contributed by atoms with Crippen LogP contribution in [0.5, 0.6) is 0 Å². The maximum absolute atomic E-state index is 3.64. The molecular weight excluding hydrogens is 230 g/mol. The van der Waals surface area contributed by atoms with Gasteiger partial charge in [-0.1, -0.05) is 42.8 Å². The SMILES string of the molecule is CC1=CC(C)CC(CNCCc2ccccc2C)C1. The van der Waals surface area contributed by atoms with Gasteiger partial charge < -0.3 is 5.32 Å². The van der Waals surface area contributed by atoms with Crippen molar-refractivity contribution in [3.8, 4) is 0 Å². The van der Waals surface area contributed by atoms with E-state index in [1.54, 1.807) is 5.57 Å². The Hall–Kier alpha value is -1.08. The minimum Gasteiger partial charge on any atom is -0.316 e. The predicted molar refractivity (Wildman–Crippen MR) is 83.4 cm³/mol. The Balaban J connectivity index is 1.70. The van der Waals surface area contributed by atoms with Crippen LogP contribution in [0.25, 0.3) is 0 Å². The summed E-state index contributed by atoms with van der Waals surface area (Å²) in [6, 6.07) is 8.70. The van der Waals surface area contributed by atoms with Gasteiger partial charge in [0.1, 0.15) is 0 Å². The molecule has 104 valence electrons. The molecule has 0 saturated heterocycles. The van der Waals surface area contributed by atoms with Crippen LogP contribution in [0.15, 0.2) is 35.9 Å². The van der Waals surface area contributed by atoms with E-state index < -0.39 is 0 Å². The third kappa shape index (κ3) is 4.50. The second kappa shape index (κ2) is 6.91. The Labute approximate surface area is 118 Å². The summed E-state index contributed by atoms with van der Waals surface area (Å²) >= 11 is 0. The average Bonchev–Trinajstić information content (AvgIpc) is 2.35. The highest BCUT2D eigenvalue weighted by molar-refractivity contribution is 5.25. The first-order chi connectivity index (χ1) is 9.15. The van der Waals surface area contributed by atoms with E-state index in [4.69, 9.17) is 0 Å². The van der Waals surface area contributed by atoms with Crippen molar-refractivity contribution in [1.29, 1.82) is 0 Å². The van der Waals surface area contributed by atoms with E-state index in [0.29, 0.717) is 0 Å². The van der Waals surface area contributed by atoms with Gasteiger partial charge in [-0.3, -0.25) is 0 Å². The molecular formula is C18H27N. The van der Waals surface area contributed by atoms with Crippen LogP contribution in [-0.4, -0.2) is 13.1 Å². The Morgan fingerprint density at radius 3 is 2.74 bits per heavy atom. The van der Waals surface area contributed by atoms with E-state index in [0.717, 1.165) is 24.8 Å². The number of aryl methyl sites for hydroxylation is 1. The molecule has 0 fully saturated rings. The van der Waals surface area contributed by atoms with Crippen molar-refractivity contribution < 1.29 is 0 Å². The molecule has 1 heteroatoms. The molecule has 1 N–H and O–H groups in total. The number of nitrogens with one attached hydrogen (secondary N) is 1. The first-order valence-corrected chi connectivity index (χ1v) is 7.57. The number of benzene rings is 1. The van der Waals surface area contributed by atoms with Crippen LogP contribution in [0.4, 0.5) is 0 Å². The summed E-state index contributed by atoms with van der Waals surface area (Å²) in [5.41, 5.74) is 4.46. The first kappa shape index (κ1) is 14.3. The lowest BCUT2D eigenvalue weighted by Gasteiger charge is -2.25. The highest BCUT2D eigenvalue weighted by Gasteiger charge is 2.17. The monoisotopic (exact) mass is 257 g/mol. The van der Waals surface area contributed by atoms with E-state index in [2.05, 4.69) is 56.4 Å². The standard InChI is InChI=1S/C18H27N/c1-14-10-15(2)12-17(11-14)13-19-9-8-18-7-5-4-6-16(18)3/h4-7,10,14,17,19H,8-9,11-13H2,1-3H3. The quantitative estimate of drug-likeness (QED) is 0.618. The van der Waals surface area contributed by atoms with Crippen LogP contribution >= 0.6 is 0 Å². The van der Waals surface area contributed by atoms with E-state index in [1.807, 2.05) is 0 Å². The topological polar surface area (TPSA) is 12.0 Å². The molecule has 1 aromatic carbocycles. The van der Waals surface area contributed by atoms with E-state index in [1.165, 1.54) is 30.5 Å². The van der Waals surface area contributed by atoms with Crippen LogP contribution in [0.2, 0.25) is 0 Å². The van der Waals surface area contributed by atoms with Crippen molar-refractivity contribution in [3.05, 3.63) is 47.0 Å². The van der Waals surface area contributed by atoms with E-state index in [-0.39, 0.29) is 0 Å². The van der Waals surface area contributed by atoms with Gasteiger partial charge in [0.15, 0.2) is 0 Å². The zero-order valence-electron chi connectivity index (χ0n) is 12.6. The Bertz CT molecular complexity index is 433. The molecule has 0 aliphatic heterocycles. The lowest BCUT2D eigenvalue weighted by molar-refractivity contribution is 0.383. The largest absolute Gasteiger partial charge is 0.316 e. The Morgan fingerprint density at radius 2 is 2.00 bits per heavy atom. The number of hydrogen-bond acceptors (Lipinski definition) is 1. The smallest absolute Gasteiger partial charge is 0.000813 e. The van der Waals surface area contributed by atoms with Gasteiger partial charge in [-0.05, 0) is 69.2 Å². The van der Waals surface area contributed by atoms with Gasteiger partial charge in [0.2, 0.25) is 0 Å². The maximum Gasteiger partial charge on any atom is -0.000813 e. The van der Waals surface area contributed by atoms with Crippen LogP contribution in [0.3, 0.4) is 0 Å². The number of allylic oxidation sites excluding steroid dienone is 2. The van der Waals surface area contributed by atoms with Crippen molar-refractivity contribution in [2.75, 3.05) is 13.1 Å². The predicted octanol–water partition coefficient (Wildman–Crippen LogP) is 4.12. The van der Waals surface area contributed by atoms with Crippen LogP contribution in [0.1, 0.15) is 37.8 Å². The van der Waals surface area contributed by atoms with Gasteiger partial charge in [-0.15, -0.1) is 0 Å². The molecule has 1 aliphatic rings. The minimum atomic E-state index is 0.761. The Morgan fingerprint density at radius 1 is 1.21 bits per heavy atom. The molecule has 1 aliphatic carbocycles. The van der Waals surface area contributed by atoms with Gasteiger partial charge in [-0.25, -0.2) is 0 Å². The Kier molecular flexibility index (Phi) is 5.21. The van der Waals surface area contributed by atoms with Gasteiger partial charge >= 0.3 is 0 Å². The van der Waals surface area contributed by atoms with Crippen molar-refractivity contribution in [2.45, 2.75) is 40.0 Å². The van der Waals surface area contributed by atoms with Gasteiger partial charge in [-0.2, -0.15) is 0 Å². The van der Waals surface area contributed by atoms with E-state index in [9.17, 15) is 0 Å². The normalized spacial score (nSPS) is 23.2. The molecule has 0 radical (unpaired) electrons. The molecule has 0 amide bonds. The summed E-state index contributed by atoms with van der Waals surface area (Å²) in [5, 5.41) is 3.64. The van der Waals surface area contributed by atoms with Crippen LogP contribution in [0, 0.1) is 18.8 Å². The molecule has 0 aromatic heterocycles. The summed E-state index contributed by atoms with van der Waals surface area (Å²) in [6.45, 7) is 9.07. The molecule has 0 heterocycles. The lowest BCUT2D eigenvalue weighted by atomic mass is 9.84. The van der Waals surface area contributed by atoms with Crippen LogP contribution < -0.4 is 5.32 Å². The number of rotatable bonds is 5. The van der Waals surface area contributed by atoms with Crippen molar-refractivity contribution >= 4 is 0 Å². The van der Waals surface area contributed by atoms with Crippen molar-refractivity contribution in [2.24, 2.45) is 11.8 Å². The summed E-state index contributed by atoms with van der Waals surface area (Å²) in [4.78, 5) is 0. The van der Waals surface area contributed by atoms with Crippen molar-refractivity contribution in [1.82, 2.24) is 5.32 Å². The summed E-state index contributed by atoms with van der Waals surface area (Å²) < 4.78 is 0. The van der Waals surface area contributed by atoms with Gasteiger partial charge in [0.05, 0.1) is 0 Å². The second-order valence-corrected chi connectivity index (χ2v) is 6.18. The highest BCUT2D eigenvalue weighted by atomic mass is 14.9. The molecule has 1 aromatic rings. The lowest BCUT2D eigenvalue weighted by Crippen LogP contribution is -2.27. The molecule has 2 unspecified atom stereocenters. The summed E-state index contributed by atoms with van der Waals surface area (Å²) in [5.74, 6) is 1.59. The highest BCUT2D eigenvalue weighted by Crippen LogP contribution is 2.27. The molecule has 0 spiro atoms. The van der Waals surface area contributed by atoms with Crippen LogP contribution in [-0.2, 0) is 6.42 Å². The average molecular weight is 257 g/mol. The fraction of sp³-hybridized carbons (Fsp3) is 0.556. The van der Waals surface area contributed by atoms with Gasteiger partial charge in [0.25, 0.3) is 0 Å². The molecule has 0 saturated carbocycles. The third-order valence-electron chi connectivity index (χ3n) is 4.15. The van der Waals surface area contributed by atoms with Crippen molar-refractivity contribution in [3.63, 3.8) is 0 Å². The summed E-state index contributed by atoms with van der Waals surface area (Å²) in [7, 11) is 0. The fourth-order valence-electron chi connectivity index (χ4n) is 3.26. The first-order valence-electron chi connectivity index (χ1n) is 7.57. The minimum absolute atomic E-state index is 0.761. The maximum atomic E-state index is 3.64. The second-order valence-electron chi connectivity index (χ2n) is 6.18. The summed E-state index contributed by atoms with van der Waals surface area (Å²) in [6.07, 6.45) is 6.20. The molecule has 19 heavy (non-hydrogen) atoms. The van der Waals surface area contributed by atoms with Gasteiger partial charge in [0, 0.05) is 0 Å². The zero-order chi connectivity index (χ0) is 13.7. The molecule has 2 atom stereocenters. The molecule has 0 bridgehead atoms. The van der Waals surface area contributed by atoms with E-state index >= 15 is 0 Å². The third-order valence-corrected chi connectivity index (χ3v) is 4.15. The molecule has 1 nitrogen and oxygen atoms in total. The molecule has 2 rings (SSSR count). The fourth-order valence-corrected chi connectivity index (χ4v) is 3.26.